The molecule has 2 fully saturated rings. The van der Waals surface area contributed by atoms with Crippen LogP contribution in [0.2, 0.25) is 0 Å². The molecule has 0 aromatic heterocycles. The summed E-state index contributed by atoms with van der Waals surface area (Å²) in [5.74, 6) is -0.107. The lowest BCUT2D eigenvalue weighted by atomic mass is 10.2. The minimum atomic E-state index is -0.107. The fourth-order valence-electron chi connectivity index (χ4n) is 1.34. The fourth-order valence-corrected chi connectivity index (χ4v) is 1.34. The Bertz CT molecular complexity index is 129. The van der Waals surface area contributed by atoms with Crippen LogP contribution in [0, 0.1) is 0 Å². The molecule has 9 heavy (non-hydrogen) atoms. The van der Waals surface area contributed by atoms with Crippen LogP contribution in [0.25, 0.3) is 0 Å². The van der Waals surface area contributed by atoms with Crippen molar-refractivity contribution in [2.45, 2.75) is 25.0 Å². The molecule has 2 atom stereocenters. The highest BCUT2D eigenvalue weighted by Crippen LogP contribution is 2.26. The number of ether oxygens (including phenoxy) is 2. The van der Waals surface area contributed by atoms with E-state index in [2.05, 4.69) is 0 Å². The van der Waals surface area contributed by atoms with Gasteiger partial charge in [0, 0.05) is 6.42 Å². The summed E-state index contributed by atoms with van der Waals surface area (Å²) < 4.78 is 10.1. The molecule has 2 rings (SSSR count). The summed E-state index contributed by atoms with van der Waals surface area (Å²) in [7, 11) is 0. The largest absolute Gasteiger partial charge is 0.459 e. The van der Waals surface area contributed by atoms with Gasteiger partial charge in [-0.2, -0.15) is 0 Å². The Morgan fingerprint density at radius 3 is 3.11 bits per heavy atom. The number of hydrogen-bond donors (Lipinski definition) is 0. The second kappa shape index (κ2) is 1.70. The van der Waals surface area contributed by atoms with Gasteiger partial charge in [0.1, 0.15) is 12.2 Å². The van der Waals surface area contributed by atoms with Crippen molar-refractivity contribution >= 4 is 5.97 Å². The van der Waals surface area contributed by atoms with Crippen molar-refractivity contribution in [3.05, 3.63) is 0 Å². The van der Waals surface area contributed by atoms with Crippen LogP contribution in [0.1, 0.15) is 12.8 Å². The van der Waals surface area contributed by atoms with Crippen LogP contribution in [0.3, 0.4) is 0 Å². The summed E-state index contributed by atoms with van der Waals surface area (Å²) >= 11 is 0. The Kier molecular flexibility index (Phi) is 0.990. The Labute approximate surface area is 52.9 Å². The molecule has 0 amide bonds. The molecular formula is C6H8O3. The standard InChI is InChI=1S/C6H8O3/c7-6-3-5-4(9-6)1-2-8-5/h4-5H,1-3H2/t4-,5?/m0/s1. The van der Waals surface area contributed by atoms with Crippen LogP contribution in [0.5, 0.6) is 0 Å². The maximum absolute atomic E-state index is 10.6. The minimum absolute atomic E-state index is 0.0810. The first kappa shape index (κ1) is 5.23. The Morgan fingerprint density at radius 2 is 2.33 bits per heavy atom. The molecule has 0 N–H and O–H groups in total. The highest BCUT2D eigenvalue weighted by Gasteiger charge is 2.39. The molecule has 1 unspecified atom stereocenters. The molecule has 2 heterocycles. The first-order valence-electron chi connectivity index (χ1n) is 3.17. The zero-order valence-corrected chi connectivity index (χ0v) is 5.00. The third kappa shape index (κ3) is 0.721. The number of carbonyl (C=O) groups is 1. The molecule has 3 heteroatoms. The fraction of sp³-hybridized carbons (Fsp3) is 0.833. The quantitative estimate of drug-likeness (QED) is 0.434. The van der Waals surface area contributed by atoms with Gasteiger partial charge in [0.25, 0.3) is 0 Å². The number of fused-ring (bicyclic) bond motifs is 1. The molecule has 0 bridgehead atoms. The highest BCUT2D eigenvalue weighted by atomic mass is 16.6. The zero-order chi connectivity index (χ0) is 6.27. The van der Waals surface area contributed by atoms with E-state index in [1.807, 2.05) is 0 Å². The summed E-state index contributed by atoms with van der Waals surface area (Å²) in [6.45, 7) is 0.753. The van der Waals surface area contributed by atoms with Crippen molar-refractivity contribution in [2.75, 3.05) is 6.61 Å². The third-order valence-electron chi connectivity index (χ3n) is 1.80. The van der Waals surface area contributed by atoms with Gasteiger partial charge >= 0.3 is 5.97 Å². The topological polar surface area (TPSA) is 35.5 Å². The summed E-state index contributed by atoms with van der Waals surface area (Å²) in [5, 5.41) is 0. The number of rotatable bonds is 0. The Balaban J connectivity index is 2.09. The van der Waals surface area contributed by atoms with E-state index in [4.69, 9.17) is 9.47 Å². The monoisotopic (exact) mass is 128 g/mol. The maximum Gasteiger partial charge on any atom is 0.308 e. The first-order chi connectivity index (χ1) is 4.36. The molecular weight excluding hydrogens is 120 g/mol. The van der Waals surface area contributed by atoms with Gasteiger partial charge in [-0.15, -0.1) is 0 Å². The maximum atomic E-state index is 10.6. The van der Waals surface area contributed by atoms with E-state index >= 15 is 0 Å². The van der Waals surface area contributed by atoms with Gasteiger partial charge < -0.3 is 9.47 Å². The highest BCUT2D eigenvalue weighted by molar-refractivity contribution is 5.72. The molecule has 0 aromatic carbocycles. The summed E-state index contributed by atoms with van der Waals surface area (Å²) in [4.78, 5) is 10.6. The minimum Gasteiger partial charge on any atom is -0.459 e. The lowest BCUT2D eigenvalue weighted by molar-refractivity contribution is -0.141. The van der Waals surface area contributed by atoms with Crippen LogP contribution in [-0.2, 0) is 14.3 Å². The second-order valence-corrected chi connectivity index (χ2v) is 2.43. The van der Waals surface area contributed by atoms with E-state index in [9.17, 15) is 4.79 Å². The van der Waals surface area contributed by atoms with Crippen molar-refractivity contribution < 1.29 is 14.3 Å². The second-order valence-electron chi connectivity index (χ2n) is 2.43. The van der Waals surface area contributed by atoms with Crippen molar-refractivity contribution in [1.82, 2.24) is 0 Å². The molecule has 2 aliphatic heterocycles. The van der Waals surface area contributed by atoms with E-state index in [0.717, 1.165) is 13.0 Å². The average Bonchev–Trinajstić information content (AvgIpc) is 2.22. The molecule has 0 saturated carbocycles. The average molecular weight is 128 g/mol. The van der Waals surface area contributed by atoms with Crippen LogP contribution < -0.4 is 0 Å². The summed E-state index contributed by atoms with van der Waals surface area (Å²) in [6.07, 6.45) is 1.51. The lowest BCUT2D eigenvalue weighted by Gasteiger charge is -2.02. The van der Waals surface area contributed by atoms with Crippen LogP contribution in [0.4, 0.5) is 0 Å². The molecule has 2 saturated heterocycles. The van der Waals surface area contributed by atoms with Gasteiger partial charge in [-0.3, -0.25) is 4.79 Å². The summed E-state index contributed by atoms with van der Waals surface area (Å²) in [5.41, 5.74) is 0. The van der Waals surface area contributed by atoms with Crippen LogP contribution in [-0.4, -0.2) is 24.8 Å². The van der Waals surface area contributed by atoms with Gasteiger partial charge in [0.2, 0.25) is 0 Å². The predicted octanol–water partition coefficient (Wildman–Crippen LogP) is 0.0908. The molecule has 0 aliphatic carbocycles. The van der Waals surface area contributed by atoms with E-state index in [1.165, 1.54) is 0 Å². The summed E-state index contributed by atoms with van der Waals surface area (Å²) in [6, 6.07) is 0. The van der Waals surface area contributed by atoms with Gasteiger partial charge in [-0.1, -0.05) is 0 Å². The first-order valence-corrected chi connectivity index (χ1v) is 3.17. The SMILES string of the molecule is O=C1CC2OCC[C@@H]2O1. The van der Waals surface area contributed by atoms with E-state index in [-0.39, 0.29) is 18.2 Å². The van der Waals surface area contributed by atoms with Gasteiger partial charge in [0.05, 0.1) is 13.0 Å². The van der Waals surface area contributed by atoms with Gasteiger partial charge in [-0.25, -0.2) is 0 Å². The molecule has 0 spiro atoms. The molecule has 0 aromatic rings. The van der Waals surface area contributed by atoms with Crippen molar-refractivity contribution in [3.8, 4) is 0 Å². The van der Waals surface area contributed by atoms with Crippen LogP contribution >= 0.6 is 0 Å². The van der Waals surface area contributed by atoms with Crippen molar-refractivity contribution in [3.63, 3.8) is 0 Å². The van der Waals surface area contributed by atoms with Crippen LogP contribution in [0.15, 0.2) is 0 Å². The Hall–Kier alpha value is -0.570. The smallest absolute Gasteiger partial charge is 0.308 e. The molecule has 0 radical (unpaired) electrons. The molecule has 50 valence electrons. The van der Waals surface area contributed by atoms with E-state index < -0.39 is 0 Å². The van der Waals surface area contributed by atoms with Crippen molar-refractivity contribution in [2.24, 2.45) is 0 Å². The molecule has 2 aliphatic rings. The van der Waals surface area contributed by atoms with Gasteiger partial charge in [-0.05, 0) is 0 Å². The Morgan fingerprint density at radius 1 is 1.44 bits per heavy atom. The zero-order valence-electron chi connectivity index (χ0n) is 5.00. The number of carbonyl (C=O) groups excluding carboxylic acids is 1. The molecule has 3 nitrogen and oxygen atoms in total. The number of hydrogen-bond acceptors (Lipinski definition) is 3. The lowest BCUT2D eigenvalue weighted by Crippen LogP contribution is -2.13. The van der Waals surface area contributed by atoms with E-state index in [1.54, 1.807) is 0 Å². The third-order valence-corrected chi connectivity index (χ3v) is 1.80. The van der Waals surface area contributed by atoms with Crippen molar-refractivity contribution in [1.29, 1.82) is 0 Å². The predicted molar refractivity (Wildman–Crippen MR) is 28.9 cm³/mol. The normalized spacial score (nSPS) is 40.7. The number of esters is 1. The van der Waals surface area contributed by atoms with Gasteiger partial charge in [0.15, 0.2) is 0 Å². The van der Waals surface area contributed by atoms with E-state index in [0.29, 0.717) is 6.42 Å².